The minimum atomic E-state index is -0.264. The summed E-state index contributed by atoms with van der Waals surface area (Å²) in [6.45, 7) is 4.47. The fraction of sp³-hybridized carbons (Fsp3) is 0.417. The summed E-state index contributed by atoms with van der Waals surface area (Å²) in [5.74, 6) is 1.12. The smallest absolute Gasteiger partial charge is 0.154 e. The SMILES string of the molecule is CC(C)N=C(N)SCCOc1ccc(F)cc1. The van der Waals surface area contributed by atoms with Crippen molar-refractivity contribution < 1.29 is 9.13 Å². The average molecular weight is 256 g/mol. The molecule has 0 atom stereocenters. The van der Waals surface area contributed by atoms with Gasteiger partial charge in [-0.2, -0.15) is 0 Å². The normalized spacial score (nSPS) is 11.9. The number of amidine groups is 1. The molecule has 3 nitrogen and oxygen atoms in total. The molecule has 0 amide bonds. The minimum absolute atomic E-state index is 0.209. The Bertz CT molecular complexity index is 365. The summed E-state index contributed by atoms with van der Waals surface area (Å²) in [5, 5.41) is 0.572. The van der Waals surface area contributed by atoms with Crippen LogP contribution in [0.25, 0.3) is 0 Å². The number of thioether (sulfide) groups is 1. The number of nitrogens with zero attached hydrogens (tertiary/aromatic N) is 1. The van der Waals surface area contributed by atoms with Crippen molar-refractivity contribution in [1.82, 2.24) is 0 Å². The summed E-state index contributed by atoms with van der Waals surface area (Å²) in [7, 11) is 0. The molecule has 0 radical (unpaired) electrons. The monoisotopic (exact) mass is 256 g/mol. The van der Waals surface area contributed by atoms with Gasteiger partial charge in [0.25, 0.3) is 0 Å². The zero-order valence-electron chi connectivity index (χ0n) is 10.0. The van der Waals surface area contributed by atoms with Crippen LogP contribution in [0.4, 0.5) is 4.39 Å². The van der Waals surface area contributed by atoms with Gasteiger partial charge < -0.3 is 10.5 Å². The highest BCUT2D eigenvalue weighted by Gasteiger charge is 1.98. The summed E-state index contributed by atoms with van der Waals surface area (Å²) in [4.78, 5) is 4.19. The Hall–Kier alpha value is -1.23. The average Bonchev–Trinajstić information content (AvgIpc) is 2.26. The van der Waals surface area contributed by atoms with Crippen LogP contribution in [-0.4, -0.2) is 23.6 Å². The molecule has 1 aromatic carbocycles. The lowest BCUT2D eigenvalue weighted by Gasteiger charge is -2.06. The first kappa shape index (κ1) is 13.8. The van der Waals surface area contributed by atoms with Crippen molar-refractivity contribution in [2.75, 3.05) is 12.4 Å². The quantitative estimate of drug-likeness (QED) is 0.500. The van der Waals surface area contributed by atoms with Crippen molar-refractivity contribution in [2.24, 2.45) is 10.7 Å². The number of hydrogen-bond acceptors (Lipinski definition) is 3. The number of halogens is 1. The van der Waals surface area contributed by atoms with Crippen LogP contribution in [0, 0.1) is 5.82 Å². The van der Waals surface area contributed by atoms with Crippen LogP contribution in [0.15, 0.2) is 29.3 Å². The number of hydrogen-bond donors (Lipinski definition) is 1. The van der Waals surface area contributed by atoms with Crippen LogP contribution < -0.4 is 10.5 Å². The third-order valence-corrected chi connectivity index (χ3v) is 2.57. The molecule has 0 bridgehead atoms. The summed E-state index contributed by atoms with van der Waals surface area (Å²) >= 11 is 1.46. The molecule has 1 rings (SSSR count). The third-order valence-electron chi connectivity index (χ3n) is 1.80. The maximum atomic E-state index is 12.6. The molecule has 0 saturated carbocycles. The van der Waals surface area contributed by atoms with Gasteiger partial charge in [0.2, 0.25) is 0 Å². The van der Waals surface area contributed by atoms with Crippen molar-refractivity contribution in [3.63, 3.8) is 0 Å². The van der Waals surface area contributed by atoms with Gasteiger partial charge in [-0.1, -0.05) is 11.8 Å². The number of benzene rings is 1. The first-order chi connectivity index (χ1) is 8.08. The number of aliphatic imine (C=N–C) groups is 1. The van der Waals surface area contributed by atoms with Gasteiger partial charge in [-0.15, -0.1) is 0 Å². The molecule has 17 heavy (non-hydrogen) atoms. The molecule has 0 aliphatic rings. The Morgan fingerprint density at radius 3 is 2.65 bits per heavy atom. The summed E-state index contributed by atoms with van der Waals surface area (Å²) in [6.07, 6.45) is 0. The zero-order chi connectivity index (χ0) is 12.7. The van der Waals surface area contributed by atoms with Crippen molar-refractivity contribution in [3.8, 4) is 5.75 Å². The highest BCUT2D eigenvalue weighted by atomic mass is 32.2. The Kier molecular flexibility index (Phi) is 5.83. The van der Waals surface area contributed by atoms with Crippen molar-refractivity contribution in [1.29, 1.82) is 0 Å². The molecular weight excluding hydrogens is 239 g/mol. The second-order valence-corrected chi connectivity index (χ2v) is 4.83. The molecule has 0 aromatic heterocycles. The van der Waals surface area contributed by atoms with Gasteiger partial charge in [0.1, 0.15) is 11.6 Å². The van der Waals surface area contributed by atoms with Crippen molar-refractivity contribution >= 4 is 16.9 Å². The highest BCUT2D eigenvalue weighted by Crippen LogP contribution is 2.11. The van der Waals surface area contributed by atoms with Gasteiger partial charge in [0.05, 0.1) is 6.61 Å². The van der Waals surface area contributed by atoms with E-state index in [1.54, 1.807) is 12.1 Å². The van der Waals surface area contributed by atoms with E-state index in [1.165, 1.54) is 23.9 Å². The van der Waals surface area contributed by atoms with Crippen molar-refractivity contribution in [2.45, 2.75) is 19.9 Å². The Balaban J connectivity index is 2.22. The maximum absolute atomic E-state index is 12.6. The van der Waals surface area contributed by atoms with E-state index in [0.29, 0.717) is 17.5 Å². The standard InChI is InChI=1S/C12H17FN2OS/c1-9(2)15-12(14)17-8-7-16-11-5-3-10(13)4-6-11/h3-6,9H,7-8H2,1-2H3,(H2,14,15). The van der Waals surface area contributed by atoms with Gasteiger partial charge in [0, 0.05) is 11.8 Å². The largest absolute Gasteiger partial charge is 0.493 e. The van der Waals surface area contributed by atoms with Crippen LogP contribution in [0.2, 0.25) is 0 Å². The number of ether oxygens (including phenoxy) is 1. The van der Waals surface area contributed by atoms with Crippen LogP contribution in [0.1, 0.15) is 13.8 Å². The third kappa shape index (κ3) is 6.16. The molecule has 0 aliphatic carbocycles. The number of rotatable bonds is 5. The molecular formula is C12H17FN2OS. The molecule has 0 saturated heterocycles. The Morgan fingerprint density at radius 2 is 2.06 bits per heavy atom. The minimum Gasteiger partial charge on any atom is -0.493 e. The summed E-state index contributed by atoms with van der Waals surface area (Å²) in [6, 6.07) is 6.16. The van der Waals surface area contributed by atoms with E-state index < -0.39 is 0 Å². The first-order valence-electron chi connectivity index (χ1n) is 5.42. The van der Waals surface area contributed by atoms with E-state index in [1.807, 2.05) is 13.8 Å². The van der Waals surface area contributed by atoms with E-state index in [4.69, 9.17) is 10.5 Å². The second-order valence-electron chi connectivity index (χ2n) is 3.71. The fourth-order valence-corrected chi connectivity index (χ4v) is 1.79. The number of nitrogens with two attached hydrogens (primary N) is 1. The van der Waals surface area contributed by atoms with Gasteiger partial charge >= 0.3 is 0 Å². The van der Waals surface area contributed by atoms with Crippen molar-refractivity contribution in [3.05, 3.63) is 30.1 Å². The highest BCUT2D eigenvalue weighted by molar-refractivity contribution is 8.13. The molecule has 1 aromatic rings. The molecule has 5 heteroatoms. The van der Waals surface area contributed by atoms with E-state index >= 15 is 0 Å². The zero-order valence-corrected chi connectivity index (χ0v) is 10.8. The molecule has 0 heterocycles. The topological polar surface area (TPSA) is 47.6 Å². The van der Waals surface area contributed by atoms with E-state index in [9.17, 15) is 4.39 Å². The predicted octanol–water partition coefficient (Wildman–Crippen LogP) is 2.66. The van der Waals surface area contributed by atoms with E-state index in [2.05, 4.69) is 4.99 Å². The van der Waals surface area contributed by atoms with Crippen LogP contribution in [0.5, 0.6) is 5.75 Å². The molecule has 0 aliphatic heterocycles. The predicted molar refractivity (Wildman–Crippen MR) is 71.1 cm³/mol. The summed E-state index contributed by atoms with van der Waals surface area (Å²) in [5.41, 5.74) is 5.68. The van der Waals surface area contributed by atoms with Gasteiger partial charge in [-0.3, -0.25) is 4.99 Å². The van der Waals surface area contributed by atoms with Crippen LogP contribution in [0.3, 0.4) is 0 Å². The van der Waals surface area contributed by atoms with Gasteiger partial charge in [-0.25, -0.2) is 4.39 Å². The lowest BCUT2D eigenvalue weighted by Crippen LogP contribution is -2.12. The van der Waals surface area contributed by atoms with Gasteiger partial charge in [0.15, 0.2) is 5.17 Å². The molecule has 2 N–H and O–H groups in total. The Labute approximate surface area is 105 Å². The van der Waals surface area contributed by atoms with Crippen LogP contribution >= 0.6 is 11.8 Å². The van der Waals surface area contributed by atoms with E-state index in [-0.39, 0.29) is 11.9 Å². The van der Waals surface area contributed by atoms with E-state index in [0.717, 1.165) is 5.75 Å². The van der Waals surface area contributed by atoms with Gasteiger partial charge in [-0.05, 0) is 38.1 Å². The first-order valence-corrected chi connectivity index (χ1v) is 6.41. The van der Waals surface area contributed by atoms with Crippen LogP contribution in [-0.2, 0) is 0 Å². The lowest BCUT2D eigenvalue weighted by atomic mass is 10.3. The Morgan fingerprint density at radius 1 is 1.41 bits per heavy atom. The molecule has 0 fully saturated rings. The molecule has 0 spiro atoms. The summed E-state index contributed by atoms with van der Waals surface area (Å²) < 4.78 is 18.0. The fourth-order valence-electron chi connectivity index (χ4n) is 1.13. The molecule has 94 valence electrons. The maximum Gasteiger partial charge on any atom is 0.154 e. The lowest BCUT2D eigenvalue weighted by molar-refractivity contribution is 0.343. The second kappa shape index (κ2) is 7.17. The molecule has 0 unspecified atom stereocenters.